The van der Waals surface area contributed by atoms with Crippen LogP contribution in [0.4, 0.5) is 0 Å². The average molecular weight is 272 g/mol. The van der Waals surface area contributed by atoms with Gasteiger partial charge in [-0.2, -0.15) is 0 Å². The molecule has 2 aliphatic carbocycles. The van der Waals surface area contributed by atoms with Crippen LogP contribution in [0.5, 0.6) is 0 Å². The SMILES string of the molecule is CC1CC(C)CC(C(O)C2(c3ccccc3)CCC2)C1. The zero-order chi connectivity index (χ0) is 14.2. The van der Waals surface area contributed by atoms with Gasteiger partial charge in [0.1, 0.15) is 0 Å². The van der Waals surface area contributed by atoms with Gasteiger partial charge >= 0.3 is 0 Å². The molecule has 3 rings (SSSR count). The molecule has 2 fully saturated rings. The Balaban J connectivity index is 1.82. The molecule has 0 spiro atoms. The van der Waals surface area contributed by atoms with Crippen molar-refractivity contribution in [1.29, 1.82) is 0 Å². The molecule has 3 atom stereocenters. The van der Waals surface area contributed by atoms with Crippen molar-refractivity contribution in [3.63, 3.8) is 0 Å². The van der Waals surface area contributed by atoms with E-state index in [2.05, 4.69) is 44.2 Å². The minimum absolute atomic E-state index is 0.0582. The predicted molar refractivity (Wildman–Crippen MR) is 83.6 cm³/mol. The maximum Gasteiger partial charge on any atom is 0.0665 e. The summed E-state index contributed by atoms with van der Waals surface area (Å²) in [4.78, 5) is 0. The third-order valence-electron chi connectivity index (χ3n) is 5.82. The van der Waals surface area contributed by atoms with E-state index in [0.717, 1.165) is 24.7 Å². The van der Waals surface area contributed by atoms with Crippen LogP contribution in [0.3, 0.4) is 0 Å². The van der Waals surface area contributed by atoms with E-state index in [1.165, 1.54) is 31.2 Å². The van der Waals surface area contributed by atoms with Gasteiger partial charge in [-0.1, -0.05) is 50.6 Å². The lowest BCUT2D eigenvalue weighted by Crippen LogP contribution is -2.50. The summed E-state index contributed by atoms with van der Waals surface area (Å²) in [6, 6.07) is 10.8. The lowest BCUT2D eigenvalue weighted by molar-refractivity contribution is -0.0378. The van der Waals surface area contributed by atoms with Gasteiger partial charge in [0.2, 0.25) is 0 Å². The second-order valence-corrected chi connectivity index (χ2v) is 7.50. The van der Waals surface area contributed by atoms with Gasteiger partial charge in [0, 0.05) is 5.41 Å². The lowest BCUT2D eigenvalue weighted by atomic mass is 9.56. The standard InChI is InChI=1S/C19H28O/c1-14-11-15(2)13-16(12-14)18(20)19(9-6-10-19)17-7-4-3-5-8-17/h3-5,7-8,14-16,18,20H,6,9-13H2,1-2H3. The minimum atomic E-state index is -0.149. The number of aliphatic hydroxyl groups is 1. The van der Waals surface area contributed by atoms with Gasteiger partial charge in [-0.05, 0) is 55.4 Å². The van der Waals surface area contributed by atoms with Crippen molar-refractivity contribution in [3.05, 3.63) is 35.9 Å². The molecule has 3 unspecified atom stereocenters. The number of aliphatic hydroxyl groups excluding tert-OH is 1. The molecule has 110 valence electrons. The molecule has 0 radical (unpaired) electrons. The van der Waals surface area contributed by atoms with E-state index in [4.69, 9.17) is 0 Å². The zero-order valence-electron chi connectivity index (χ0n) is 12.9. The first-order valence-electron chi connectivity index (χ1n) is 8.35. The maximum atomic E-state index is 11.1. The molecule has 1 N–H and O–H groups in total. The molecule has 1 heteroatoms. The Morgan fingerprint density at radius 3 is 2.10 bits per heavy atom. The molecule has 0 aromatic heterocycles. The second kappa shape index (κ2) is 5.52. The van der Waals surface area contributed by atoms with Gasteiger partial charge in [0.05, 0.1) is 6.10 Å². The third kappa shape index (κ3) is 2.41. The predicted octanol–water partition coefficient (Wildman–Crippen LogP) is 4.54. The molecule has 1 aromatic carbocycles. The van der Waals surface area contributed by atoms with E-state index in [0.29, 0.717) is 5.92 Å². The van der Waals surface area contributed by atoms with E-state index in [1.54, 1.807) is 0 Å². The highest BCUT2D eigenvalue weighted by Gasteiger charge is 2.48. The Kier molecular flexibility index (Phi) is 3.90. The van der Waals surface area contributed by atoms with E-state index >= 15 is 0 Å². The largest absolute Gasteiger partial charge is 0.392 e. The van der Waals surface area contributed by atoms with Crippen LogP contribution in [-0.4, -0.2) is 11.2 Å². The first-order chi connectivity index (χ1) is 9.62. The third-order valence-corrected chi connectivity index (χ3v) is 5.82. The van der Waals surface area contributed by atoms with Crippen LogP contribution in [0.25, 0.3) is 0 Å². The number of rotatable bonds is 3. The summed E-state index contributed by atoms with van der Waals surface area (Å²) >= 11 is 0. The van der Waals surface area contributed by atoms with Gasteiger partial charge in [-0.3, -0.25) is 0 Å². The molecular weight excluding hydrogens is 244 g/mol. The first-order valence-corrected chi connectivity index (χ1v) is 8.35. The van der Waals surface area contributed by atoms with Crippen molar-refractivity contribution in [1.82, 2.24) is 0 Å². The molecule has 0 saturated heterocycles. The van der Waals surface area contributed by atoms with Crippen LogP contribution in [0, 0.1) is 17.8 Å². The van der Waals surface area contributed by atoms with Gasteiger partial charge in [-0.15, -0.1) is 0 Å². The number of hydrogen-bond donors (Lipinski definition) is 1. The monoisotopic (exact) mass is 272 g/mol. The van der Waals surface area contributed by atoms with Crippen LogP contribution >= 0.6 is 0 Å². The highest BCUT2D eigenvalue weighted by molar-refractivity contribution is 5.30. The van der Waals surface area contributed by atoms with Crippen LogP contribution in [0.15, 0.2) is 30.3 Å². The van der Waals surface area contributed by atoms with Crippen molar-refractivity contribution in [3.8, 4) is 0 Å². The molecule has 0 aliphatic heterocycles. The van der Waals surface area contributed by atoms with Crippen LogP contribution in [0.1, 0.15) is 57.9 Å². The van der Waals surface area contributed by atoms with Crippen molar-refractivity contribution in [2.24, 2.45) is 17.8 Å². The molecule has 2 aliphatic rings. The summed E-state index contributed by atoms with van der Waals surface area (Å²) in [5.74, 6) is 2.03. The van der Waals surface area contributed by atoms with Crippen LogP contribution < -0.4 is 0 Å². The number of hydrogen-bond acceptors (Lipinski definition) is 1. The van der Waals surface area contributed by atoms with Gasteiger partial charge < -0.3 is 5.11 Å². The summed E-state index contributed by atoms with van der Waals surface area (Å²) in [6.07, 6.45) is 7.20. The summed E-state index contributed by atoms with van der Waals surface area (Å²) in [6.45, 7) is 4.71. The normalized spacial score (nSPS) is 34.2. The highest BCUT2D eigenvalue weighted by atomic mass is 16.3. The summed E-state index contributed by atoms with van der Waals surface area (Å²) in [7, 11) is 0. The van der Waals surface area contributed by atoms with Crippen LogP contribution in [0.2, 0.25) is 0 Å². The first kappa shape index (κ1) is 14.1. The molecule has 0 heterocycles. The van der Waals surface area contributed by atoms with E-state index in [9.17, 15) is 5.11 Å². The van der Waals surface area contributed by atoms with Gasteiger partial charge in [-0.25, -0.2) is 0 Å². The van der Waals surface area contributed by atoms with Crippen molar-refractivity contribution in [2.45, 2.75) is 63.9 Å². The molecule has 1 nitrogen and oxygen atoms in total. The molecule has 0 bridgehead atoms. The maximum absolute atomic E-state index is 11.1. The second-order valence-electron chi connectivity index (χ2n) is 7.50. The Morgan fingerprint density at radius 2 is 1.60 bits per heavy atom. The quantitative estimate of drug-likeness (QED) is 0.856. The molecule has 0 amide bonds. The average Bonchev–Trinajstić information content (AvgIpc) is 2.37. The smallest absolute Gasteiger partial charge is 0.0665 e. The van der Waals surface area contributed by atoms with Crippen molar-refractivity contribution >= 4 is 0 Å². The molecule has 1 aromatic rings. The Hall–Kier alpha value is -0.820. The Morgan fingerprint density at radius 1 is 1.00 bits per heavy atom. The van der Waals surface area contributed by atoms with Gasteiger partial charge in [0.15, 0.2) is 0 Å². The lowest BCUT2D eigenvalue weighted by Gasteiger charge is -2.50. The highest BCUT2D eigenvalue weighted by Crippen LogP contribution is 2.51. The van der Waals surface area contributed by atoms with E-state index < -0.39 is 0 Å². The summed E-state index contributed by atoms with van der Waals surface area (Å²) in [5.41, 5.74) is 1.42. The topological polar surface area (TPSA) is 20.2 Å². The summed E-state index contributed by atoms with van der Waals surface area (Å²) in [5, 5.41) is 11.1. The van der Waals surface area contributed by atoms with E-state index in [1.807, 2.05) is 0 Å². The van der Waals surface area contributed by atoms with Crippen LogP contribution in [-0.2, 0) is 5.41 Å². The Bertz CT molecular complexity index is 424. The summed E-state index contributed by atoms with van der Waals surface area (Å²) < 4.78 is 0. The molecular formula is C19H28O. The fourth-order valence-corrected chi connectivity index (χ4v) is 4.80. The Labute approximate surface area is 123 Å². The molecule has 20 heavy (non-hydrogen) atoms. The van der Waals surface area contributed by atoms with Gasteiger partial charge in [0.25, 0.3) is 0 Å². The van der Waals surface area contributed by atoms with Crippen molar-refractivity contribution < 1.29 is 5.11 Å². The fraction of sp³-hybridized carbons (Fsp3) is 0.684. The zero-order valence-corrected chi connectivity index (χ0v) is 12.9. The number of benzene rings is 1. The fourth-order valence-electron chi connectivity index (χ4n) is 4.80. The minimum Gasteiger partial charge on any atom is -0.392 e. The van der Waals surface area contributed by atoms with Crippen molar-refractivity contribution in [2.75, 3.05) is 0 Å². The van der Waals surface area contributed by atoms with E-state index in [-0.39, 0.29) is 11.5 Å². The molecule has 2 saturated carbocycles.